The molecule has 0 aromatic carbocycles. The summed E-state index contributed by atoms with van der Waals surface area (Å²) in [5.41, 5.74) is 0. The van der Waals surface area contributed by atoms with Crippen molar-refractivity contribution in [3.63, 3.8) is 0 Å². The van der Waals surface area contributed by atoms with Gasteiger partial charge in [0.05, 0.1) is 26.9 Å². The van der Waals surface area contributed by atoms with Gasteiger partial charge in [0.1, 0.15) is 32.3 Å². The van der Waals surface area contributed by atoms with Crippen LogP contribution in [0.25, 0.3) is 0 Å². The zero-order valence-electron chi connectivity index (χ0n) is 10.8. The SMILES string of the molecule is C[N+]1(CC(O)COCC(F)(F)C(F)F)CCOCC1. The van der Waals surface area contributed by atoms with Gasteiger partial charge in [-0.15, -0.1) is 0 Å². The number of alkyl halides is 4. The number of halogens is 4. The molecule has 0 amide bonds. The summed E-state index contributed by atoms with van der Waals surface area (Å²) in [5, 5.41) is 9.69. The predicted octanol–water partition coefficient (Wildman–Crippen LogP) is 0.741. The van der Waals surface area contributed by atoms with Gasteiger partial charge in [-0.2, -0.15) is 8.78 Å². The van der Waals surface area contributed by atoms with Gasteiger partial charge in [0.2, 0.25) is 0 Å². The molecule has 1 aliphatic rings. The Hall–Kier alpha value is -0.440. The summed E-state index contributed by atoms with van der Waals surface area (Å²) in [7, 11) is 1.92. The quantitative estimate of drug-likeness (QED) is 0.555. The van der Waals surface area contributed by atoms with E-state index in [9.17, 15) is 22.7 Å². The summed E-state index contributed by atoms with van der Waals surface area (Å²) < 4.78 is 59.1. The fourth-order valence-corrected chi connectivity index (χ4v) is 1.92. The molecule has 0 bridgehead atoms. The van der Waals surface area contributed by atoms with Crippen molar-refractivity contribution < 1.29 is 36.6 Å². The maximum Gasteiger partial charge on any atom is 0.330 e. The maximum atomic E-state index is 12.6. The Balaban J connectivity index is 2.26. The molecule has 0 aliphatic carbocycles. The Morgan fingerprint density at radius 1 is 1.32 bits per heavy atom. The molecule has 8 heteroatoms. The number of rotatable bonds is 7. The molecule has 0 aromatic heterocycles. The van der Waals surface area contributed by atoms with Crippen LogP contribution in [-0.2, 0) is 9.47 Å². The highest BCUT2D eigenvalue weighted by atomic mass is 19.3. The number of ether oxygens (including phenoxy) is 2. The third-order valence-corrected chi connectivity index (χ3v) is 3.13. The molecule has 114 valence electrons. The summed E-state index contributed by atoms with van der Waals surface area (Å²) in [6.45, 7) is 1.14. The minimum absolute atomic E-state index is 0.323. The first-order valence-corrected chi connectivity index (χ1v) is 6.08. The van der Waals surface area contributed by atoms with Crippen molar-refractivity contribution >= 4 is 0 Å². The summed E-state index contributed by atoms with van der Waals surface area (Å²) in [4.78, 5) is 0. The van der Waals surface area contributed by atoms with Crippen LogP contribution in [0.4, 0.5) is 17.6 Å². The molecular formula is C11H20F4NO3+. The third-order valence-electron chi connectivity index (χ3n) is 3.13. The molecular weight excluding hydrogens is 270 g/mol. The Morgan fingerprint density at radius 3 is 2.42 bits per heavy atom. The second kappa shape index (κ2) is 6.83. The molecule has 0 aromatic rings. The molecule has 1 fully saturated rings. The van der Waals surface area contributed by atoms with Crippen LogP contribution < -0.4 is 0 Å². The van der Waals surface area contributed by atoms with Gasteiger partial charge in [-0.1, -0.05) is 0 Å². The third kappa shape index (κ3) is 5.60. The number of quaternary nitrogens is 1. The van der Waals surface area contributed by atoms with E-state index < -0.39 is 25.1 Å². The average Bonchev–Trinajstić information content (AvgIpc) is 2.28. The smallest absolute Gasteiger partial charge is 0.330 e. The first kappa shape index (κ1) is 16.6. The van der Waals surface area contributed by atoms with Crippen molar-refractivity contribution in [2.45, 2.75) is 18.5 Å². The van der Waals surface area contributed by atoms with Crippen molar-refractivity contribution in [3.05, 3.63) is 0 Å². The number of aliphatic hydroxyl groups excluding tert-OH is 1. The molecule has 1 aliphatic heterocycles. The zero-order valence-corrected chi connectivity index (χ0v) is 10.8. The fraction of sp³-hybridized carbons (Fsp3) is 1.00. The first-order chi connectivity index (χ1) is 8.75. The van der Waals surface area contributed by atoms with Crippen LogP contribution >= 0.6 is 0 Å². The predicted molar refractivity (Wildman–Crippen MR) is 59.4 cm³/mol. The van der Waals surface area contributed by atoms with Gasteiger partial charge in [-0.3, -0.25) is 0 Å². The van der Waals surface area contributed by atoms with Crippen LogP contribution in [0.1, 0.15) is 0 Å². The lowest BCUT2D eigenvalue weighted by Gasteiger charge is -2.38. The minimum atomic E-state index is -4.17. The van der Waals surface area contributed by atoms with Crippen molar-refractivity contribution in [1.82, 2.24) is 0 Å². The summed E-state index contributed by atoms with van der Waals surface area (Å²) in [5.74, 6) is -4.17. The molecule has 1 saturated heterocycles. The molecule has 1 rings (SSSR count). The van der Waals surface area contributed by atoms with Crippen molar-refractivity contribution in [1.29, 1.82) is 0 Å². The second-order valence-corrected chi connectivity index (χ2v) is 5.09. The Labute approximate surface area is 109 Å². The van der Waals surface area contributed by atoms with Gasteiger partial charge in [0.25, 0.3) is 0 Å². The van der Waals surface area contributed by atoms with Gasteiger partial charge >= 0.3 is 12.3 Å². The molecule has 1 atom stereocenters. The lowest BCUT2D eigenvalue weighted by atomic mass is 10.2. The summed E-state index contributed by atoms with van der Waals surface area (Å²) in [6.07, 6.45) is -4.72. The van der Waals surface area contributed by atoms with E-state index in [1.54, 1.807) is 0 Å². The fourth-order valence-electron chi connectivity index (χ4n) is 1.92. The standard InChI is InChI=1S/C11H20F4NO3/c1-16(2-4-18-5-3-16)6-9(17)7-19-8-11(14,15)10(12)13/h9-10,17H,2-8H2,1H3/q+1. The lowest BCUT2D eigenvalue weighted by molar-refractivity contribution is -0.919. The first-order valence-electron chi connectivity index (χ1n) is 6.08. The lowest BCUT2D eigenvalue weighted by Crippen LogP contribution is -2.55. The molecule has 4 nitrogen and oxygen atoms in total. The highest BCUT2D eigenvalue weighted by Gasteiger charge is 2.41. The highest BCUT2D eigenvalue weighted by molar-refractivity contribution is 4.68. The van der Waals surface area contributed by atoms with Crippen molar-refractivity contribution in [2.24, 2.45) is 0 Å². The molecule has 0 spiro atoms. The molecule has 0 radical (unpaired) electrons. The van der Waals surface area contributed by atoms with Crippen LogP contribution in [0.2, 0.25) is 0 Å². The summed E-state index contributed by atoms with van der Waals surface area (Å²) >= 11 is 0. The number of aliphatic hydroxyl groups is 1. The monoisotopic (exact) mass is 290 g/mol. The number of hydrogen-bond acceptors (Lipinski definition) is 3. The number of likely N-dealkylation sites (N-methyl/N-ethyl adjacent to an activating group) is 1. The normalized spacial score (nSPS) is 21.6. The van der Waals surface area contributed by atoms with Crippen molar-refractivity contribution in [3.8, 4) is 0 Å². The average molecular weight is 290 g/mol. The molecule has 0 saturated carbocycles. The molecule has 19 heavy (non-hydrogen) atoms. The van der Waals surface area contributed by atoms with Gasteiger partial charge in [0, 0.05) is 0 Å². The van der Waals surface area contributed by atoms with Gasteiger partial charge in [0.15, 0.2) is 0 Å². The van der Waals surface area contributed by atoms with E-state index in [4.69, 9.17) is 4.74 Å². The maximum absolute atomic E-state index is 12.6. The minimum Gasteiger partial charge on any atom is -0.385 e. The van der Waals surface area contributed by atoms with Gasteiger partial charge < -0.3 is 19.1 Å². The Morgan fingerprint density at radius 2 is 1.89 bits per heavy atom. The Bertz CT molecular complexity index is 273. The van der Waals surface area contributed by atoms with Crippen LogP contribution in [0.15, 0.2) is 0 Å². The molecule has 1 unspecified atom stereocenters. The van der Waals surface area contributed by atoms with Gasteiger partial charge in [-0.05, 0) is 0 Å². The second-order valence-electron chi connectivity index (χ2n) is 5.09. The van der Waals surface area contributed by atoms with E-state index in [-0.39, 0.29) is 6.61 Å². The largest absolute Gasteiger partial charge is 0.385 e. The molecule has 1 heterocycles. The van der Waals surface area contributed by atoms with Gasteiger partial charge in [-0.25, -0.2) is 8.78 Å². The topological polar surface area (TPSA) is 38.7 Å². The zero-order chi connectivity index (χ0) is 14.5. The van der Waals surface area contributed by atoms with Crippen LogP contribution in [0, 0.1) is 0 Å². The van der Waals surface area contributed by atoms with E-state index in [0.717, 1.165) is 0 Å². The van der Waals surface area contributed by atoms with Crippen LogP contribution in [0.5, 0.6) is 0 Å². The molecule has 1 N–H and O–H groups in total. The van der Waals surface area contributed by atoms with E-state index in [0.29, 0.717) is 37.3 Å². The van der Waals surface area contributed by atoms with Crippen LogP contribution in [-0.4, -0.2) is 81.2 Å². The number of hydrogen-bond donors (Lipinski definition) is 1. The Kier molecular flexibility index (Phi) is 5.97. The van der Waals surface area contributed by atoms with E-state index in [1.165, 1.54) is 0 Å². The number of nitrogens with zero attached hydrogens (tertiary/aromatic N) is 1. The van der Waals surface area contributed by atoms with Crippen molar-refractivity contribution in [2.75, 3.05) is 53.1 Å². The summed E-state index contributed by atoms with van der Waals surface area (Å²) in [6, 6.07) is 0. The highest BCUT2D eigenvalue weighted by Crippen LogP contribution is 2.22. The van der Waals surface area contributed by atoms with Crippen LogP contribution in [0.3, 0.4) is 0 Å². The van der Waals surface area contributed by atoms with E-state index in [1.807, 2.05) is 7.05 Å². The number of morpholine rings is 1. The van der Waals surface area contributed by atoms with E-state index in [2.05, 4.69) is 4.74 Å². The van der Waals surface area contributed by atoms with E-state index >= 15 is 0 Å².